The van der Waals surface area contributed by atoms with Crippen molar-refractivity contribution in [3.8, 4) is 5.75 Å². The lowest BCUT2D eigenvalue weighted by atomic mass is 10.1. The van der Waals surface area contributed by atoms with Gasteiger partial charge in [0.25, 0.3) is 0 Å². The van der Waals surface area contributed by atoms with Crippen molar-refractivity contribution in [1.82, 2.24) is 4.98 Å². The average Bonchev–Trinajstić information content (AvgIpc) is 2.53. The van der Waals surface area contributed by atoms with Gasteiger partial charge in [0.1, 0.15) is 10.9 Å². The molecule has 0 saturated heterocycles. The number of allylic oxidation sites excluding steroid dienone is 1. The Balaban J connectivity index is 1.90. The van der Waals surface area contributed by atoms with Crippen molar-refractivity contribution in [2.75, 3.05) is 0 Å². The Bertz CT molecular complexity index is 870. The summed E-state index contributed by atoms with van der Waals surface area (Å²) in [4.78, 5) is 16.4. The second-order valence-electron chi connectivity index (χ2n) is 4.81. The number of ketones is 1. The molecule has 0 unspecified atom stereocenters. The Labute approximate surface area is 132 Å². The molecule has 0 amide bonds. The molecule has 1 aromatic heterocycles. The van der Waals surface area contributed by atoms with Gasteiger partial charge in [0.2, 0.25) is 0 Å². The van der Waals surface area contributed by atoms with Crippen LogP contribution in [0.3, 0.4) is 0 Å². The third-order valence-electron chi connectivity index (χ3n) is 3.27. The number of benzene rings is 2. The first kappa shape index (κ1) is 14.3. The standard InChI is InChI=1S/C18H12ClNO2/c19-18-14(11-13-3-1-2-4-16(13)20-18)7-10-17(22)12-5-8-15(21)9-6-12/h1-11,21H/b10-7+. The molecule has 3 aromatic rings. The molecular formula is C18H12ClNO2. The van der Waals surface area contributed by atoms with E-state index in [0.717, 1.165) is 10.9 Å². The summed E-state index contributed by atoms with van der Waals surface area (Å²) in [5.74, 6) is -0.0356. The quantitative estimate of drug-likeness (QED) is 0.440. The summed E-state index contributed by atoms with van der Waals surface area (Å²) < 4.78 is 0. The number of rotatable bonds is 3. The molecule has 2 aromatic carbocycles. The number of hydrogen-bond acceptors (Lipinski definition) is 3. The third-order valence-corrected chi connectivity index (χ3v) is 3.57. The van der Waals surface area contributed by atoms with Crippen molar-refractivity contribution in [3.63, 3.8) is 0 Å². The average molecular weight is 310 g/mol. The number of carbonyl (C=O) groups is 1. The predicted octanol–water partition coefficient (Wildman–Crippen LogP) is 4.49. The summed E-state index contributed by atoms with van der Waals surface area (Å²) in [7, 11) is 0. The van der Waals surface area contributed by atoms with Gasteiger partial charge in [-0.15, -0.1) is 0 Å². The van der Waals surface area contributed by atoms with Crippen LogP contribution in [0.25, 0.3) is 17.0 Å². The van der Waals surface area contributed by atoms with Crippen LogP contribution in [0.5, 0.6) is 5.75 Å². The summed E-state index contributed by atoms with van der Waals surface area (Å²) in [5.41, 5.74) is 2.00. The Kier molecular flexibility index (Phi) is 3.90. The number of nitrogens with zero attached hydrogens (tertiary/aromatic N) is 1. The van der Waals surface area contributed by atoms with Crippen molar-refractivity contribution in [2.45, 2.75) is 0 Å². The molecule has 0 saturated carbocycles. The van der Waals surface area contributed by atoms with Crippen molar-refractivity contribution < 1.29 is 9.90 Å². The van der Waals surface area contributed by atoms with E-state index in [1.165, 1.54) is 18.2 Å². The van der Waals surface area contributed by atoms with E-state index in [2.05, 4.69) is 4.98 Å². The van der Waals surface area contributed by atoms with Gasteiger partial charge in [-0.25, -0.2) is 4.98 Å². The molecule has 0 aliphatic rings. The minimum absolute atomic E-state index is 0.127. The smallest absolute Gasteiger partial charge is 0.185 e. The first-order valence-electron chi connectivity index (χ1n) is 6.70. The predicted molar refractivity (Wildman–Crippen MR) is 88.2 cm³/mol. The van der Waals surface area contributed by atoms with E-state index >= 15 is 0 Å². The van der Waals surface area contributed by atoms with E-state index in [4.69, 9.17) is 11.6 Å². The van der Waals surface area contributed by atoms with Crippen molar-refractivity contribution in [1.29, 1.82) is 0 Å². The zero-order valence-corrected chi connectivity index (χ0v) is 12.3. The highest BCUT2D eigenvalue weighted by atomic mass is 35.5. The van der Waals surface area contributed by atoms with E-state index in [9.17, 15) is 9.90 Å². The summed E-state index contributed by atoms with van der Waals surface area (Å²) in [6, 6.07) is 15.6. The van der Waals surface area contributed by atoms with Crippen LogP contribution < -0.4 is 0 Å². The summed E-state index contributed by atoms with van der Waals surface area (Å²) in [6.07, 6.45) is 3.10. The van der Waals surface area contributed by atoms with Gasteiger partial charge in [0, 0.05) is 16.5 Å². The molecule has 108 valence electrons. The molecule has 22 heavy (non-hydrogen) atoms. The van der Waals surface area contributed by atoms with Gasteiger partial charge in [-0.3, -0.25) is 4.79 Å². The Morgan fingerprint density at radius 1 is 1.09 bits per heavy atom. The van der Waals surface area contributed by atoms with Crippen LogP contribution in [0.4, 0.5) is 0 Å². The van der Waals surface area contributed by atoms with Gasteiger partial charge in [-0.05, 0) is 48.6 Å². The van der Waals surface area contributed by atoms with Crippen molar-refractivity contribution >= 4 is 34.4 Å². The lowest BCUT2D eigenvalue weighted by Gasteiger charge is -2.02. The molecular weight excluding hydrogens is 298 g/mol. The first-order valence-corrected chi connectivity index (χ1v) is 7.08. The van der Waals surface area contributed by atoms with Crippen molar-refractivity contribution in [3.05, 3.63) is 77.0 Å². The number of pyridine rings is 1. The summed E-state index contributed by atoms with van der Waals surface area (Å²) in [6.45, 7) is 0. The number of hydrogen-bond donors (Lipinski definition) is 1. The number of aromatic hydroxyl groups is 1. The normalized spacial score (nSPS) is 11.1. The zero-order valence-electron chi connectivity index (χ0n) is 11.5. The highest BCUT2D eigenvalue weighted by Gasteiger charge is 2.04. The fourth-order valence-corrected chi connectivity index (χ4v) is 2.32. The lowest BCUT2D eigenvalue weighted by molar-refractivity contribution is 0.104. The number of fused-ring (bicyclic) bond motifs is 1. The number of aromatic nitrogens is 1. The maximum Gasteiger partial charge on any atom is 0.185 e. The summed E-state index contributed by atoms with van der Waals surface area (Å²) in [5, 5.41) is 10.5. The number of phenolic OH excluding ortho intramolecular Hbond substituents is 1. The van der Waals surface area contributed by atoms with Crippen molar-refractivity contribution in [2.24, 2.45) is 0 Å². The maximum atomic E-state index is 12.1. The van der Waals surface area contributed by atoms with Crippen LogP contribution in [0, 0.1) is 0 Å². The molecule has 1 heterocycles. The van der Waals surface area contributed by atoms with E-state index in [-0.39, 0.29) is 11.5 Å². The van der Waals surface area contributed by atoms with E-state index in [1.807, 2.05) is 30.3 Å². The fraction of sp³-hybridized carbons (Fsp3) is 0. The van der Waals surface area contributed by atoms with Gasteiger partial charge >= 0.3 is 0 Å². The molecule has 3 rings (SSSR count). The minimum atomic E-state index is -0.163. The van der Waals surface area contributed by atoms with Gasteiger partial charge in [-0.1, -0.05) is 29.8 Å². The lowest BCUT2D eigenvalue weighted by Crippen LogP contribution is -1.93. The minimum Gasteiger partial charge on any atom is -0.508 e. The van der Waals surface area contributed by atoms with E-state index in [0.29, 0.717) is 16.3 Å². The number of para-hydroxylation sites is 1. The van der Waals surface area contributed by atoms with Crippen LogP contribution in [0.2, 0.25) is 5.15 Å². The topological polar surface area (TPSA) is 50.2 Å². The number of halogens is 1. The zero-order chi connectivity index (χ0) is 15.5. The molecule has 1 N–H and O–H groups in total. The van der Waals surface area contributed by atoms with E-state index < -0.39 is 0 Å². The number of phenols is 1. The molecule has 0 atom stereocenters. The van der Waals surface area contributed by atoms with E-state index in [1.54, 1.807) is 18.2 Å². The molecule has 0 radical (unpaired) electrons. The van der Waals surface area contributed by atoms with Gasteiger partial charge < -0.3 is 5.11 Å². The third kappa shape index (κ3) is 3.00. The molecule has 0 spiro atoms. The molecule has 0 aliphatic carbocycles. The highest BCUT2D eigenvalue weighted by Crippen LogP contribution is 2.22. The second-order valence-corrected chi connectivity index (χ2v) is 5.16. The van der Waals surface area contributed by atoms with Crippen LogP contribution in [-0.4, -0.2) is 15.9 Å². The number of carbonyl (C=O) groups excluding carboxylic acids is 1. The highest BCUT2D eigenvalue weighted by molar-refractivity contribution is 6.31. The molecule has 0 fully saturated rings. The molecule has 0 aliphatic heterocycles. The molecule has 3 nitrogen and oxygen atoms in total. The Morgan fingerprint density at radius 3 is 2.59 bits per heavy atom. The molecule has 0 bridgehead atoms. The Morgan fingerprint density at radius 2 is 1.82 bits per heavy atom. The monoisotopic (exact) mass is 309 g/mol. The second kappa shape index (κ2) is 6.00. The molecule has 4 heteroatoms. The fourth-order valence-electron chi connectivity index (χ4n) is 2.11. The van der Waals surface area contributed by atoms with Crippen LogP contribution in [0.1, 0.15) is 15.9 Å². The van der Waals surface area contributed by atoms with Crippen LogP contribution >= 0.6 is 11.6 Å². The first-order chi connectivity index (χ1) is 10.6. The van der Waals surface area contributed by atoms with Crippen LogP contribution in [0.15, 0.2) is 60.7 Å². The SMILES string of the molecule is O=C(/C=C/c1cc2ccccc2nc1Cl)c1ccc(O)cc1. The van der Waals surface area contributed by atoms with Gasteiger partial charge in [-0.2, -0.15) is 0 Å². The maximum absolute atomic E-state index is 12.1. The van der Waals surface area contributed by atoms with Crippen LogP contribution in [-0.2, 0) is 0 Å². The largest absolute Gasteiger partial charge is 0.508 e. The summed E-state index contributed by atoms with van der Waals surface area (Å²) >= 11 is 6.15. The van der Waals surface area contributed by atoms with Gasteiger partial charge in [0.05, 0.1) is 5.52 Å². The van der Waals surface area contributed by atoms with Gasteiger partial charge in [0.15, 0.2) is 5.78 Å². The Hall–Kier alpha value is -2.65.